The molecule has 1 aromatic rings. The zero-order valence-electron chi connectivity index (χ0n) is 10.3. The molecule has 0 atom stereocenters. The lowest BCUT2D eigenvalue weighted by Crippen LogP contribution is -2.33. The average molecular weight is 233 g/mol. The molecule has 2 aliphatic rings. The Hall–Kier alpha value is -1.00. The average Bonchev–Trinajstić information content (AvgIpc) is 2.86. The molecule has 1 aliphatic carbocycles. The van der Waals surface area contributed by atoms with Gasteiger partial charge in [0, 0.05) is 32.0 Å². The summed E-state index contributed by atoms with van der Waals surface area (Å²) < 4.78 is 5.78. The molecule has 4 nitrogen and oxygen atoms in total. The molecule has 0 radical (unpaired) electrons. The third-order valence-corrected chi connectivity index (χ3v) is 4.02. The first-order valence-corrected chi connectivity index (χ1v) is 6.45. The molecule has 0 aromatic carbocycles. The molecule has 17 heavy (non-hydrogen) atoms. The molecule has 2 heterocycles. The highest BCUT2D eigenvalue weighted by Crippen LogP contribution is 2.38. The van der Waals surface area contributed by atoms with E-state index in [9.17, 15) is 0 Å². The zero-order valence-corrected chi connectivity index (χ0v) is 10.3. The van der Waals surface area contributed by atoms with Gasteiger partial charge in [-0.05, 0) is 12.8 Å². The van der Waals surface area contributed by atoms with E-state index in [4.69, 9.17) is 9.72 Å². The molecular formula is C13H19N3O. The van der Waals surface area contributed by atoms with Crippen molar-refractivity contribution in [2.45, 2.75) is 50.8 Å². The lowest BCUT2D eigenvalue weighted by Gasteiger charge is -2.34. The fraction of sp³-hybridized carbons (Fsp3) is 0.692. The lowest BCUT2D eigenvalue weighted by molar-refractivity contribution is -0.0516. The Labute approximate surface area is 102 Å². The SMILES string of the molecule is COC1(c2ncc3c(n2)CNC3)CCCCC1. The van der Waals surface area contributed by atoms with Crippen LogP contribution >= 0.6 is 0 Å². The lowest BCUT2D eigenvalue weighted by atomic mass is 9.84. The molecule has 1 saturated carbocycles. The minimum atomic E-state index is -0.226. The third-order valence-electron chi connectivity index (χ3n) is 4.02. The summed E-state index contributed by atoms with van der Waals surface area (Å²) in [5.41, 5.74) is 2.16. The highest BCUT2D eigenvalue weighted by Gasteiger charge is 2.37. The first kappa shape index (κ1) is 11.1. The molecule has 0 unspecified atom stereocenters. The van der Waals surface area contributed by atoms with E-state index in [-0.39, 0.29) is 5.60 Å². The summed E-state index contributed by atoms with van der Waals surface area (Å²) in [5.74, 6) is 0.891. The van der Waals surface area contributed by atoms with Gasteiger partial charge in [-0.1, -0.05) is 19.3 Å². The van der Waals surface area contributed by atoms with Gasteiger partial charge in [-0.2, -0.15) is 0 Å². The third kappa shape index (κ3) is 1.85. The van der Waals surface area contributed by atoms with E-state index in [0.29, 0.717) is 0 Å². The van der Waals surface area contributed by atoms with Crippen molar-refractivity contribution in [2.24, 2.45) is 0 Å². The molecule has 4 heteroatoms. The van der Waals surface area contributed by atoms with E-state index < -0.39 is 0 Å². The normalized spacial score (nSPS) is 22.4. The van der Waals surface area contributed by atoms with Gasteiger partial charge in [0.05, 0.1) is 5.69 Å². The van der Waals surface area contributed by atoms with Gasteiger partial charge >= 0.3 is 0 Å². The highest BCUT2D eigenvalue weighted by molar-refractivity contribution is 5.23. The molecule has 1 N–H and O–H groups in total. The predicted octanol–water partition coefficient (Wildman–Crippen LogP) is 1.89. The van der Waals surface area contributed by atoms with E-state index in [2.05, 4.69) is 10.3 Å². The standard InChI is InChI=1S/C13H19N3O/c1-17-13(5-3-2-4-6-13)12-15-8-10-7-14-9-11(10)16-12/h8,14H,2-7,9H2,1H3. The van der Waals surface area contributed by atoms with E-state index >= 15 is 0 Å². The summed E-state index contributed by atoms with van der Waals surface area (Å²) in [7, 11) is 1.79. The van der Waals surface area contributed by atoms with Crippen molar-refractivity contribution in [3.63, 3.8) is 0 Å². The second-order valence-electron chi connectivity index (χ2n) is 5.03. The molecular weight excluding hydrogens is 214 g/mol. The highest BCUT2D eigenvalue weighted by atomic mass is 16.5. The molecule has 0 spiro atoms. The van der Waals surface area contributed by atoms with Gasteiger partial charge in [0.25, 0.3) is 0 Å². The van der Waals surface area contributed by atoms with Crippen LogP contribution in [0.1, 0.15) is 49.2 Å². The van der Waals surface area contributed by atoms with E-state index in [1.807, 2.05) is 6.20 Å². The zero-order chi connectivity index (χ0) is 11.7. The van der Waals surface area contributed by atoms with E-state index in [1.165, 1.54) is 24.8 Å². The van der Waals surface area contributed by atoms with Crippen molar-refractivity contribution in [1.82, 2.24) is 15.3 Å². The summed E-state index contributed by atoms with van der Waals surface area (Å²) in [5, 5.41) is 3.31. The summed E-state index contributed by atoms with van der Waals surface area (Å²) in [4.78, 5) is 9.26. The van der Waals surface area contributed by atoms with Crippen LogP contribution < -0.4 is 5.32 Å². The summed E-state index contributed by atoms with van der Waals surface area (Å²) in [6, 6.07) is 0. The van der Waals surface area contributed by atoms with Crippen LogP contribution in [0.3, 0.4) is 0 Å². The molecule has 3 rings (SSSR count). The largest absolute Gasteiger partial charge is 0.370 e. The van der Waals surface area contributed by atoms with Gasteiger partial charge in [-0.25, -0.2) is 9.97 Å². The summed E-state index contributed by atoms with van der Waals surface area (Å²) in [6.45, 7) is 1.76. The summed E-state index contributed by atoms with van der Waals surface area (Å²) >= 11 is 0. The van der Waals surface area contributed by atoms with Crippen LogP contribution in [0.15, 0.2) is 6.20 Å². The Kier molecular flexibility index (Phi) is 2.84. The van der Waals surface area contributed by atoms with Crippen LogP contribution in [0, 0.1) is 0 Å². The maximum absolute atomic E-state index is 5.78. The molecule has 1 aromatic heterocycles. The van der Waals surface area contributed by atoms with Gasteiger partial charge < -0.3 is 10.1 Å². The summed E-state index contributed by atoms with van der Waals surface area (Å²) in [6.07, 6.45) is 7.80. The van der Waals surface area contributed by atoms with Crippen molar-refractivity contribution >= 4 is 0 Å². The minimum absolute atomic E-state index is 0.226. The minimum Gasteiger partial charge on any atom is -0.370 e. The number of hydrogen-bond acceptors (Lipinski definition) is 4. The van der Waals surface area contributed by atoms with Crippen LogP contribution in [0.4, 0.5) is 0 Å². The first-order chi connectivity index (χ1) is 8.34. The van der Waals surface area contributed by atoms with Gasteiger partial charge in [-0.15, -0.1) is 0 Å². The first-order valence-electron chi connectivity index (χ1n) is 6.45. The molecule has 1 aliphatic heterocycles. The van der Waals surface area contributed by atoms with Crippen LogP contribution in [0.2, 0.25) is 0 Å². The number of ether oxygens (including phenoxy) is 1. The van der Waals surface area contributed by atoms with Crippen LogP contribution in [0.25, 0.3) is 0 Å². The molecule has 1 fully saturated rings. The Balaban J connectivity index is 1.96. The number of methoxy groups -OCH3 is 1. The van der Waals surface area contributed by atoms with Gasteiger partial charge in [0.1, 0.15) is 5.60 Å². The molecule has 0 saturated heterocycles. The van der Waals surface area contributed by atoms with E-state index in [1.54, 1.807) is 7.11 Å². The predicted molar refractivity (Wildman–Crippen MR) is 64.3 cm³/mol. The fourth-order valence-corrected chi connectivity index (χ4v) is 2.92. The Morgan fingerprint density at radius 3 is 2.82 bits per heavy atom. The Morgan fingerprint density at radius 2 is 2.06 bits per heavy atom. The van der Waals surface area contributed by atoms with Crippen molar-refractivity contribution < 1.29 is 4.74 Å². The monoisotopic (exact) mass is 233 g/mol. The molecule has 0 bridgehead atoms. The number of hydrogen-bond donors (Lipinski definition) is 1. The maximum atomic E-state index is 5.78. The maximum Gasteiger partial charge on any atom is 0.160 e. The van der Waals surface area contributed by atoms with Crippen molar-refractivity contribution in [2.75, 3.05) is 7.11 Å². The Morgan fingerprint density at radius 1 is 1.24 bits per heavy atom. The smallest absolute Gasteiger partial charge is 0.160 e. The van der Waals surface area contributed by atoms with Crippen LogP contribution in [-0.2, 0) is 23.4 Å². The molecule has 0 amide bonds. The van der Waals surface area contributed by atoms with Crippen LogP contribution in [-0.4, -0.2) is 17.1 Å². The number of nitrogens with zero attached hydrogens (tertiary/aromatic N) is 2. The van der Waals surface area contributed by atoms with Crippen molar-refractivity contribution in [3.8, 4) is 0 Å². The number of fused-ring (bicyclic) bond motifs is 1. The fourth-order valence-electron chi connectivity index (χ4n) is 2.92. The van der Waals surface area contributed by atoms with Crippen molar-refractivity contribution in [3.05, 3.63) is 23.3 Å². The number of nitrogens with one attached hydrogen (secondary N) is 1. The molecule has 92 valence electrons. The number of aromatic nitrogens is 2. The number of rotatable bonds is 2. The van der Waals surface area contributed by atoms with E-state index in [0.717, 1.165) is 37.4 Å². The quantitative estimate of drug-likeness (QED) is 0.847. The van der Waals surface area contributed by atoms with Crippen LogP contribution in [0.5, 0.6) is 0 Å². The Bertz CT molecular complexity index is 413. The second-order valence-corrected chi connectivity index (χ2v) is 5.03. The topological polar surface area (TPSA) is 47.0 Å². The van der Waals surface area contributed by atoms with Gasteiger partial charge in [0.2, 0.25) is 0 Å². The van der Waals surface area contributed by atoms with Crippen molar-refractivity contribution in [1.29, 1.82) is 0 Å². The second kappa shape index (κ2) is 4.35. The van der Waals surface area contributed by atoms with Gasteiger partial charge in [-0.3, -0.25) is 0 Å². The van der Waals surface area contributed by atoms with Gasteiger partial charge in [0.15, 0.2) is 5.82 Å².